The highest BCUT2D eigenvalue weighted by Crippen LogP contribution is 2.48. The summed E-state index contributed by atoms with van der Waals surface area (Å²) in [5.74, 6) is -2.36. The Morgan fingerprint density at radius 3 is 2.11 bits per heavy atom. The van der Waals surface area contributed by atoms with Crippen molar-refractivity contribution >= 4 is 64.0 Å². The highest BCUT2D eigenvalue weighted by atomic mass is 32.2. The molecule has 2 heterocycles. The maximum atomic E-state index is 12.0. The van der Waals surface area contributed by atoms with Crippen molar-refractivity contribution in [3.63, 3.8) is 0 Å². The Morgan fingerprint density at radius 2 is 1.49 bits per heavy atom. The molecule has 2 aliphatic heterocycles. The first-order chi connectivity index (χ1) is 28.1. The van der Waals surface area contributed by atoms with E-state index in [4.69, 9.17) is 4.74 Å². The molecule has 2 aromatic carbocycles. The van der Waals surface area contributed by atoms with Gasteiger partial charge in [0, 0.05) is 64.7 Å². The van der Waals surface area contributed by atoms with Crippen LogP contribution in [0.2, 0.25) is 0 Å². The molecule has 0 amide bonds. The van der Waals surface area contributed by atoms with Crippen molar-refractivity contribution in [2.24, 2.45) is 0 Å². The van der Waals surface area contributed by atoms with Gasteiger partial charge in [-0.05, 0) is 87.4 Å². The smallest absolute Gasteiger partial charge is 0.295 e. The van der Waals surface area contributed by atoms with Crippen molar-refractivity contribution in [1.29, 1.82) is 0 Å². The Balaban J connectivity index is 1.67. The summed E-state index contributed by atoms with van der Waals surface area (Å²) in [6.45, 7) is 9.74. The third-order valence-electron chi connectivity index (χ3n) is 11.1. The fourth-order valence-corrected chi connectivity index (χ4v) is 10.2. The molecule has 334 valence electrons. The Bertz CT molecular complexity index is 2700. The SMILES string of the molecule is Cc1ccc2c(c1)C(C)(C)/C(=C/C=C1\CCCC(/C=C/C3=[N+](CCCS(=O)(=O)[O-])c4ccc(S(=O)(=O)[O-])cc4C3(C)C)=C1NC(CS(=O)(=O)[O-])OC=O)N2CCCS(=O)(=O)[O-]. The fourth-order valence-electron chi connectivity index (χ4n) is 8.21. The Morgan fingerprint density at radius 1 is 0.820 bits per heavy atom. The Kier molecular flexibility index (Phi) is 14.0. The quantitative estimate of drug-likeness (QED) is 0.0971. The third kappa shape index (κ3) is 11.6. The van der Waals surface area contributed by atoms with Gasteiger partial charge in [-0.3, -0.25) is 4.79 Å². The van der Waals surface area contributed by atoms with Gasteiger partial charge in [0.2, 0.25) is 5.69 Å². The molecule has 0 fully saturated rings. The molecule has 21 heteroatoms. The molecule has 17 nitrogen and oxygen atoms in total. The van der Waals surface area contributed by atoms with Crippen molar-refractivity contribution in [3.8, 4) is 0 Å². The predicted molar refractivity (Wildman–Crippen MR) is 222 cm³/mol. The van der Waals surface area contributed by atoms with Crippen LogP contribution >= 0.6 is 0 Å². The fraction of sp³-hybridized carbons (Fsp3) is 0.450. The van der Waals surface area contributed by atoms with Crippen molar-refractivity contribution in [2.75, 3.05) is 35.2 Å². The molecule has 2 aromatic rings. The van der Waals surface area contributed by atoms with Crippen LogP contribution in [0, 0.1) is 6.92 Å². The lowest BCUT2D eigenvalue weighted by Crippen LogP contribution is -2.38. The first kappa shape index (κ1) is 47.8. The van der Waals surface area contributed by atoms with Crippen molar-refractivity contribution in [1.82, 2.24) is 5.32 Å². The lowest BCUT2D eigenvalue weighted by atomic mass is 9.81. The molecule has 0 radical (unpaired) electrons. The average molecular weight is 923 g/mol. The molecular formula is C40H48N3O14S4-3. The van der Waals surface area contributed by atoms with Gasteiger partial charge in [-0.25, -0.2) is 33.7 Å². The largest absolute Gasteiger partial charge is 0.748 e. The number of carbonyl (C=O) groups excluding carboxylic acids is 1. The normalized spacial score (nSPS) is 19.8. The maximum absolute atomic E-state index is 12.0. The number of benzene rings is 2. The van der Waals surface area contributed by atoms with E-state index in [1.807, 2.05) is 49.9 Å². The van der Waals surface area contributed by atoms with E-state index in [1.54, 1.807) is 36.7 Å². The van der Waals surface area contributed by atoms with Crippen LogP contribution in [0.4, 0.5) is 11.4 Å². The van der Waals surface area contributed by atoms with E-state index in [0.717, 1.165) is 28.6 Å². The summed E-state index contributed by atoms with van der Waals surface area (Å²) in [5.41, 5.74) is 4.98. The van der Waals surface area contributed by atoms with E-state index in [0.29, 0.717) is 53.1 Å². The zero-order chi connectivity index (χ0) is 45.3. The molecule has 1 unspecified atom stereocenters. The summed E-state index contributed by atoms with van der Waals surface area (Å²) in [5, 5.41) is 2.95. The summed E-state index contributed by atoms with van der Waals surface area (Å²) in [4.78, 5) is 13.0. The monoisotopic (exact) mass is 922 g/mol. The second-order valence-corrected chi connectivity index (χ2v) is 22.1. The zero-order valence-corrected chi connectivity index (χ0v) is 37.5. The molecule has 0 bridgehead atoms. The van der Waals surface area contributed by atoms with Gasteiger partial charge in [0.1, 0.15) is 26.8 Å². The lowest BCUT2D eigenvalue weighted by molar-refractivity contribution is -0.437. The number of ether oxygens (including phenoxy) is 1. The molecule has 1 atom stereocenters. The van der Waals surface area contributed by atoms with E-state index < -0.39 is 79.7 Å². The molecule has 0 saturated heterocycles. The van der Waals surface area contributed by atoms with Crippen LogP contribution in [0.25, 0.3) is 0 Å². The number of rotatable bonds is 18. The van der Waals surface area contributed by atoms with Crippen molar-refractivity contribution < 1.29 is 66.0 Å². The van der Waals surface area contributed by atoms with Crippen LogP contribution in [0.1, 0.15) is 76.5 Å². The number of fused-ring (bicyclic) bond motifs is 2. The minimum atomic E-state index is -4.93. The summed E-state index contributed by atoms with van der Waals surface area (Å²) < 4.78 is 148. The van der Waals surface area contributed by atoms with Crippen LogP contribution in [0.3, 0.4) is 0 Å². The van der Waals surface area contributed by atoms with E-state index >= 15 is 0 Å². The van der Waals surface area contributed by atoms with Gasteiger partial charge >= 0.3 is 0 Å². The maximum Gasteiger partial charge on any atom is 0.295 e. The van der Waals surface area contributed by atoms with Gasteiger partial charge in [-0.15, -0.1) is 0 Å². The van der Waals surface area contributed by atoms with Crippen molar-refractivity contribution in [2.45, 2.75) is 88.7 Å². The van der Waals surface area contributed by atoms with Gasteiger partial charge in [0.15, 0.2) is 11.9 Å². The molecule has 61 heavy (non-hydrogen) atoms. The minimum Gasteiger partial charge on any atom is -0.748 e. The molecule has 1 aliphatic carbocycles. The topological polar surface area (TPSA) is 273 Å². The van der Waals surface area contributed by atoms with Crippen LogP contribution in [0.5, 0.6) is 0 Å². The average Bonchev–Trinajstić information content (AvgIpc) is 3.45. The van der Waals surface area contributed by atoms with Crippen LogP contribution in [0.15, 0.2) is 88.1 Å². The number of allylic oxidation sites excluding steroid dienone is 7. The third-order valence-corrected chi connectivity index (χ3v) is 14.2. The molecule has 0 saturated carbocycles. The summed E-state index contributed by atoms with van der Waals surface area (Å²) in [6, 6.07) is 9.73. The Labute approximate surface area is 357 Å². The number of carbonyl (C=O) groups is 1. The van der Waals surface area contributed by atoms with Gasteiger partial charge in [0.05, 0.1) is 36.3 Å². The molecule has 5 rings (SSSR count). The summed E-state index contributed by atoms with van der Waals surface area (Å²) in [7, 11) is -18.8. The van der Waals surface area contributed by atoms with E-state index in [2.05, 4.69) is 5.32 Å². The highest BCUT2D eigenvalue weighted by molar-refractivity contribution is 7.86. The van der Waals surface area contributed by atoms with Crippen LogP contribution in [-0.2, 0) is 60.8 Å². The number of hydrogen-bond donors (Lipinski definition) is 1. The molecule has 1 N–H and O–H groups in total. The highest BCUT2D eigenvalue weighted by Gasteiger charge is 2.45. The molecular weight excluding hydrogens is 875 g/mol. The summed E-state index contributed by atoms with van der Waals surface area (Å²) in [6.07, 6.45) is 6.82. The van der Waals surface area contributed by atoms with Gasteiger partial charge in [0.25, 0.3) is 6.47 Å². The number of nitrogens with zero attached hydrogens (tertiary/aromatic N) is 2. The van der Waals surface area contributed by atoms with E-state index in [-0.39, 0.29) is 32.4 Å². The number of nitrogens with one attached hydrogen (secondary N) is 1. The van der Waals surface area contributed by atoms with E-state index in [9.17, 15) is 56.7 Å². The van der Waals surface area contributed by atoms with Gasteiger partial charge in [-0.1, -0.05) is 43.7 Å². The Hall–Kier alpha value is -4.22. The first-order valence-electron chi connectivity index (χ1n) is 19.3. The predicted octanol–water partition coefficient (Wildman–Crippen LogP) is 3.38. The zero-order valence-electron chi connectivity index (χ0n) is 34.2. The molecule has 3 aliphatic rings. The number of hydrogen-bond acceptors (Lipinski definition) is 16. The van der Waals surface area contributed by atoms with E-state index in [1.165, 1.54) is 12.1 Å². The summed E-state index contributed by atoms with van der Waals surface area (Å²) >= 11 is 0. The van der Waals surface area contributed by atoms with Gasteiger partial charge in [-0.2, -0.15) is 4.58 Å². The molecule has 0 spiro atoms. The lowest BCUT2D eigenvalue weighted by Gasteiger charge is -2.29. The molecule has 0 aromatic heterocycles. The van der Waals surface area contributed by atoms with Gasteiger partial charge < -0.3 is 33.2 Å². The van der Waals surface area contributed by atoms with Crippen molar-refractivity contribution in [3.05, 3.63) is 99.9 Å². The van der Waals surface area contributed by atoms with Crippen LogP contribution in [-0.4, -0.2) is 105 Å². The number of aryl methyl sites for hydroxylation is 1. The second kappa shape index (κ2) is 17.9. The standard InChI is InChI=1S/C40H51N3O14S4/c1-27-11-15-33-31(23-27)39(2,3)35(42(33)19-7-21-58(45,46)47)17-12-28-9-6-10-29(38(28)41-37(57-26-44)25-60(51,52)53)13-18-36-40(4,5)32-24-30(61(54,55)56)14-16-34(32)43(36)20-8-22-59(48,49)50/h11-18,23-24,26,37H,6-10,19-22,25H2,1-5H3,(H4,45,46,47,48,49,50,51,52,53,54,55,56)/p-3/b28-12+,35-17-. The van der Waals surface area contributed by atoms with Crippen LogP contribution < -0.4 is 10.2 Å². The first-order valence-corrected chi connectivity index (χ1v) is 25.4. The number of anilines is 1. The second-order valence-electron chi connectivity index (χ2n) is 16.2. The minimum absolute atomic E-state index is 0.0117.